The third kappa shape index (κ3) is 4.38. The third-order valence-corrected chi connectivity index (χ3v) is 4.61. The van der Waals surface area contributed by atoms with E-state index in [9.17, 15) is 18.7 Å². The summed E-state index contributed by atoms with van der Waals surface area (Å²) in [4.78, 5) is 14.4. The van der Waals surface area contributed by atoms with Crippen molar-refractivity contribution in [2.45, 2.75) is 32.4 Å². The maximum absolute atomic E-state index is 13.8. The summed E-state index contributed by atoms with van der Waals surface area (Å²) in [6.07, 6.45) is 1.64. The van der Waals surface area contributed by atoms with E-state index < -0.39 is 11.6 Å². The Labute approximate surface area is 151 Å². The van der Waals surface area contributed by atoms with Gasteiger partial charge in [0.1, 0.15) is 17.4 Å². The van der Waals surface area contributed by atoms with Gasteiger partial charge in [0.15, 0.2) is 0 Å². The number of hydrogen-bond acceptors (Lipinski definition) is 3. The highest BCUT2D eigenvalue weighted by atomic mass is 19.1. The molecule has 4 nitrogen and oxygen atoms in total. The second kappa shape index (κ2) is 7.83. The molecule has 0 bridgehead atoms. The van der Waals surface area contributed by atoms with Crippen molar-refractivity contribution >= 4 is 5.91 Å². The number of likely N-dealkylation sites (tertiary alicyclic amines) is 1. The van der Waals surface area contributed by atoms with E-state index in [1.165, 1.54) is 24.3 Å². The molecule has 1 unspecified atom stereocenters. The maximum atomic E-state index is 13.8. The van der Waals surface area contributed by atoms with Crippen LogP contribution in [0.3, 0.4) is 0 Å². The fourth-order valence-corrected chi connectivity index (χ4v) is 3.39. The number of hydrogen-bond donors (Lipinski definition) is 2. The molecule has 1 atom stereocenters. The largest absolute Gasteiger partial charge is 0.508 e. The molecule has 6 heteroatoms. The topological polar surface area (TPSA) is 52.6 Å². The molecular weight excluding hydrogens is 338 g/mol. The average molecular weight is 360 g/mol. The van der Waals surface area contributed by atoms with Crippen molar-refractivity contribution < 1.29 is 18.7 Å². The number of rotatable bonds is 4. The summed E-state index contributed by atoms with van der Waals surface area (Å²) in [7, 11) is 0. The molecule has 138 valence electrons. The first-order valence-corrected chi connectivity index (χ1v) is 8.69. The number of aromatic hydroxyl groups is 1. The lowest BCUT2D eigenvalue weighted by Crippen LogP contribution is -2.47. The molecule has 0 radical (unpaired) electrons. The molecule has 3 rings (SSSR count). The zero-order chi connectivity index (χ0) is 18.7. The Morgan fingerprint density at radius 3 is 2.69 bits per heavy atom. The summed E-state index contributed by atoms with van der Waals surface area (Å²) >= 11 is 0. The molecule has 1 saturated heterocycles. The summed E-state index contributed by atoms with van der Waals surface area (Å²) in [6.45, 7) is 3.24. The van der Waals surface area contributed by atoms with Crippen LogP contribution in [0.15, 0.2) is 36.4 Å². The molecular formula is C20H22F2N2O2. The van der Waals surface area contributed by atoms with E-state index in [4.69, 9.17) is 0 Å². The van der Waals surface area contributed by atoms with Crippen molar-refractivity contribution in [3.8, 4) is 5.75 Å². The number of phenols is 1. The SMILES string of the molecule is Cc1cc(O)cc(C(=O)NC2CCCN(Cc3c(F)cccc3F)C2)c1. The summed E-state index contributed by atoms with van der Waals surface area (Å²) < 4.78 is 27.7. The van der Waals surface area contributed by atoms with Crippen LogP contribution in [0, 0.1) is 18.6 Å². The van der Waals surface area contributed by atoms with Gasteiger partial charge in [0.05, 0.1) is 0 Å². The third-order valence-electron chi connectivity index (χ3n) is 4.61. The highest BCUT2D eigenvalue weighted by Gasteiger charge is 2.23. The lowest BCUT2D eigenvalue weighted by atomic mass is 10.0. The quantitative estimate of drug-likeness (QED) is 0.879. The van der Waals surface area contributed by atoms with E-state index in [1.54, 1.807) is 12.1 Å². The molecule has 1 fully saturated rings. The Morgan fingerprint density at radius 1 is 1.27 bits per heavy atom. The Hall–Kier alpha value is -2.47. The van der Waals surface area contributed by atoms with Gasteiger partial charge in [0.2, 0.25) is 0 Å². The zero-order valence-electron chi connectivity index (χ0n) is 14.6. The number of aryl methyl sites for hydroxylation is 1. The van der Waals surface area contributed by atoms with E-state index in [1.807, 2.05) is 11.8 Å². The van der Waals surface area contributed by atoms with Crippen LogP contribution in [0.2, 0.25) is 0 Å². The second-order valence-corrected chi connectivity index (χ2v) is 6.81. The molecule has 2 aromatic rings. The van der Waals surface area contributed by atoms with Crippen molar-refractivity contribution in [3.05, 3.63) is 64.7 Å². The van der Waals surface area contributed by atoms with Crippen LogP contribution in [-0.2, 0) is 6.54 Å². The van der Waals surface area contributed by atoms with E-state index >= 15 is 0 Å². The van der Waals surface area contributed by atoms with Crippen LogP contribution in [0.25, 0.3) is 0 Å². The number of carbonyl (C=O) groups excluding carboxylic acids is 1. The molecule has 0 spiro atoms. The molecule has 2 N–H and O–H groups in total. The fraction of sp³-hybridized carbons (Fsp3) is 0.350. The average Bonchev–Trinajstić information content (AvgIpc) is 2.58. The monoisotopic (exact) mass is 360 g/mol. The Balaban J connectivity index is 1.64. The number of benzene rings is 2. The van der Waals surface area contributed by atoms with Crippen molar-refractivity contribution in [3.63, 3.8) is 0 Å². The van der Waals surface area contributed by atoms with Gasteiger partial charge in [-0.1, -0.05) is 6.07 Å². The molecule has 1 heterocycles. The van der Waals surface area contributed by atoms with Crippen LogP contribution < -0.4 is 5.32 Å². The molecule has 2 aromatic carbocycles. The van der Waals surface area contributed by atoms with E-state index in [2.05, 4.69) is 5.32 Å². The number of phenolic OH excluding ortho intramolecular Hbond substituents is 1. The second-order valence-electron chi connectivity index (χ2n) is 6.81. The summed E-state index contributed by atoms with van der Waals surface area (Å²) in [5, 5.41) is 12.6. The van der Waals surface area contributed by atoms with Crippen molar-refractivity contribution in [1.29, 1.82) is 0 Å². The minimum Gasteiger partial charge on any atom is -0.508 e. The van der Waals surface area contributed by atoms with Gasteiger partial charge in [-0.05, 0) is 62.2 Å². The fourth-order valence-electron chi connectivity index (χ4n) is 3.39. The molecule has 0 aliphatic carbocycles. The number of piperidine rings is 1. The van der Waals surface area contributed by atoms with E-state index in [0.717, 1.165) is 24.9 Å². The maximum Gasteiger partial charge on any atom is 0.251 e. The molecule has 0 saturated carbocycles. The van der Waals surface area contributed by atoms with Gasteiger partial charge in [-0.25, -0.2) is 8.78 Å². The predicted molar refractivity (Wildman–Crippen MR) is 95.0 cm³/mol. The van der Waals surface area contributed by atoms with Gasteiger partial charge in [-0.15, -0.1) is 0 Å². The number of halogens is 2. The number of nitrogens with one attached hydrogen (secondary N) is 1. The first kappa shape index (κ1) is 18.3. The van der Waals surface area contributed by atoms with Crippen LogP contribution in [0.4, 0.5) is 8.78 Å². The Bertz CT molecular complexity index is 770. The van der Waals surface area contributed by atoms with Crippen LogP contribution in [-0.4, -0.2) is 35.0 Å². The lowest BCUT2D eigenvalue weighted by molar-refractivity contribution is 0.0899. The summed E-state index contributed by atoms with van der Waals surface area (Å²) in [6, 6.07) is 8.49. The first-order chi connectivity index (χ1) is 12.4. The summed E-state index contributed by atoms with van der Waals surface area (Å²) in [5.41, 5.74) is 1.26. The van der Waals surface area contributed by atoms with Gasteiger partial charge in [0, 0.05) is 30.3 Å². The molecule has 1 amide bonds. The highest BCUT2D eigenvalue weighted by molar-refractivity contribution is 5.95. The Kier molecular flexibility index (Phi) is 5.52. The molecule has 1 aliphatic rings. The molecule has 0 aromatic heterocycles. The minimum absolute atomic E-state index is 0.0513. The van der Waals surface area contributed by atoms with Gasteiger partial charge in [-0.2, -0.15) is 0 Å². The Morgan fingerprint density at radius 2 is 2.00 bits per heavy atom. The predicted octanol–water partition coefficient (Wildman–Crippen LogP) is 3.37. The van der Waals surface area contributed by atoms with Crippen molar-refractivity contribution in [2.24, 2.45) is 0 Å². The minimum atomic E-state index is -0.550. The smallest absolute Gasteiger partial charge is 0.251 e. The zero-order valence-corrected chi connectivity index (χ0v) is 14.6. The molecule has 26 heavy (non-hydrogen) atoms. The highest BCUT2D eigenvalue weighted by Crippen LogP contribution is 2.19. The van der Waals surface area contributed by atoms with Gasteiger partial charge in [-0.3, -0.25) is 9.69 Å². The van der Waals surface area contributed by atoms with Crippen molar-refractivity contribution in [2.75, 3.05) is 13.1 Å². The lowest BCUT2D eigenvalue weighted by Gasteiger charge is -2.33. The number of nitrogens with zero attached hydrogens (tertiary/aromatic N) is 1. The van der Waals surface area contributed by atoms with Crippen molar-refractivity contribution in [1.82, 2.24) is 10.2 Å². The normalized spacial score (nSPS) is 17.9. The summed E-state index contributed by atoms with van der Waals surface area (Å²) in [5.74, 6) is -1.30. The first-order valence-electron chi connectivity index (χ1n) is 8.69. The number of carbonyl (C=O) groups is 1. The van der Waals surface area contributed by atoms with E-state index in [0.29, 0.717) is 12.1 Å². The van der Waals surface area contributed by atoms with E-state index in [-0.39, 0.29) is 29.8 Å². The standard InChI is InChI=1S/C20H22F2N2O2/c1-13-8-14(10-16(25)9-13)20(26)23-15-4-3-7-24(11-15)12-17-18(21)5-2-6-19(17)22/h2,5-6,8-10,15,25H,3-4,7,11-12H2,1H3,(H,23,26). The van der Waals surface area contributed by atoms with Gasteiger partial charge >= 0.3 is 0 Å². The van der Waals surface area contributed by atoms with Crippen LogP contribution in [0.5, 0.6) is 5.75 Å². The van der Waals surface area contributed by atoms with Gasteiger partial charge in [0.25, 0.3) is 5.91 Å². The molecule has 1 aliphatic heterocycles. The van der Waals surface area contributed by atoms with Crippen LogP contribution in [0.1, 0.15) is 34.3 Å². The van der Waals surface area contributed by atoms with Crippen LogP contribution >= 0.6 is 0 Å². The number of amides is 1. The van der Waals surface area contributed by atoms with Gasteiger partial charge < -0.3 is 10.4 Å².